The first-order valence-electron chi connectivity index (χ1n) is 8.39. The van der Waals surface area contributed by atoms with E-state index in [-0.39, 0.29) is 10.8 Å². The first-order chi connectivity index (χ1) is 11.2. The van der Waals surface area contributed by atoms with Gasteiger partial charge >= 0.3 is 0 Å². The van der Waals surface area contributed by atoms with Gasteiger partial charge in [-0.25, -0.2) is 0 Å². The molecule has 2 atom stereocenters. The van der Waals surface area contributed by atoms with Crippen LogP contribution in [-0.2, 0) is 11.4 Å². The average Bonchev–Trinajstić information content (AvgIpc) is 2.51. The SMILES string of the molecule is Cc1cc(C(N[S@+]([O-])C(C)(C)C)c2ccccc2)ncc1C(C)C. The quantitative estimate of drug-likeness (QED) is 0.803. The van der Waals surface area contributed by atoms with Gasteiger partial charge in [0.1, 0.15) is 10.8 Å². The molecule has 0 bridgehead atoms. The van der Waals surface area contributed by atoms with Gasteiger partial charge in [-0.2, -0.15) is 0 Å². The topological polar surface area (TPSA) is 48.0 Å². The van der Waals surface area contributed by atoms with Crippen LogP contribution in [0.15, 0.2) is 42.6 Å². The lowest BCUT2D eigenvalue weighted by atomic mass is 9.97. The van der Waals surface area contributed by atoms with Gasteiger partial charge in [0.05, 0.1) is 5.69 Å². The van der Waals surface area contributed by atoms with Crippen LogP contribution in [0.4, 0.5) is 0 Å². The van der Waals surface area contributed by atoms with Crippen molar-refractivity contribution in [2.75, 3.05) is 0 Å². The van der Waals surface area contributed by atoms with E-state index in [1.54, 1.807) is 0 Å². The van der Waals surface area contributed by atoms with Crippen molar-refractivity contribution in [2.45, 2.75) is 58.2 Å². The summed E-state index contributed by atoms with van der Waals surface area (Å²) in [6.07, 6.45) is 1.95. The lowest BCUT2D eigenvalue weighted by molar-refractivity contribution is 0.534. The van der Waals surface area contributed by atoms with Gasteiger partial charge in [0, 0.05) is 17.6 Å². The molecular formula is C20H28N2OS. The predicted octanol–water partition coefficient (Wildman–Crippen LogP) is 4.65. The lowest BCUT2D eigenvalue weighted by Crippen LogP contribution is -2.41. The molecule has 1 heterocycles. The van der Waals surface area contributed by atoms with E-state index in [2.05, 4.69) is 36.5 Å². The van der Waals surface area contributed by atoms with Crippen molar-refractivity contribution in [1.29, 1.82) is 0 Å². The van der Waals surface area contributed by atoms with Crippen LogP contribution in [0.5, 0.6) is 0 Å². The minimum absolute atomic E-state index is 0.189. The zero-order chi connectivity index (χ0) is 17.9. The number of benzene rings is 1. The average molecular weight is 345 g/mol. The molecule has 0 aliphatic heterocycles. The Morgan fingerprint density at radius 1 is 1.12 bits per heavy atom. The number of aryl methyl sites for hydroxylation is 1. The number of aromatic nitrogens is 1. The summed E-state index contributed by atoms with van der Waals surface area (Å²) in [7, 11) is 0. The highest BCUT2D eigenvalue weighted by Gasteiger charge is 2.31. The third-order valence-electron chi connectivity index (χ3n) is 4.00. The maximum absolute atomic E-state index is 12.7. The van der Waals surface area contributed by atoms with Crippen LogP contribution in [-0.4, -0.2) is 14.3 Å². The molecule has 0 saturated heterocycles. The molecule has 2 rings (SSSR count). The van der Waals surface area contributed by atoms with Gasteiger partial charge in [-0.05, 0) is 56.4 Å². The highest BCUT2D eigenvalue weighted by Crippen LogP contribution is 2.27. The molecule has 130 valence electrons. The standard InChI is InChI=1S/C20H28N2OS/c1-14(2)17-13-21-18(12-15(17)3)19(16-10-8-7-9-11-16)22-24(23)20(4,5)6/h7-14,19,22H,1-6H3/t19?,24-/m1/s1. The van der Waals surface area contributed by atoms with Crippen LogP contribution < -0.4 is 4.72 Å². The highest BCUT2D eigenvalue weighted by atomic mass is 32.2. The Morgan fingerprint density at radius 3 is 2.25 bits per heavy atom. The van der Waals surface area contributed by atoms with E-state index in [4.69, 9.17) is 0 Å². The minimum atomic E-state index is -1.18. The Balaban J connectivity index is 2.41. The number of pyridine rings is 1. The molecule has 1 aromatic heterocycles. The molecule has 0 fully saturated rings. The van der Waals surface area contributed by atoms with E-state index in [1.807, 2.05) is 57.3 Å². The van der Waals surface area contributed by atoms with Crippen molar-refractivity contribution in [1.82, 2.24) is 9.71 Å². The second kappa shape index (κ2) is 7.68. The van der Waals surface area contributed by atoms with E-state index in [0.717, 1.165) is 11.3 Å². The Bertz CT molecular complexity index is 665. The lowest BCUT2D eigenvalue weighted by Gasteiger charge is -2.28. The van der Waals surface area contributed by atoms with Crippen molar-refractivity contribution in [3.63, 3.8) is 0 Å². The third-order valence-corrected chi connectivity index (χ3v) is 5.57. The van der Waals surface area contributed by atoms with Crippen LogP contribution in [0.3, 0.4) is 0 Å². The summed E-state index contributed by atoms with van der Waals surface area (Å²) in [5, 5.41) is 0. The Labute approximate surface area is 149 Å². The van der Waals surface area contributed by atoms with Gasteiger partial charge < -0.3 is 4.55 Å². The maximum atomic E-state index is 12.7. The van der Waals surface area contributed by atoms with Gasteiger partial charge in [0.2, 0.25) is 0 Å². The summed E-state index contributed by atoms with van der Waals surface area (Å²) >= 11 is -1.18. The zero-order valence-corrected chi connectivity index (χ0v) is 16.3. The predicted molar refractivity (Wildman–Crippen MR) is 102 cm³/mol. The fourth-order valence-electron chi connectivity index (χ4n) is 2.58. The Morgan fingerprint density at radius 2 is 1.75 bits per heavy atom. The molecule has 0 radical (unpaired) electrons. The fraction of sp³-hybridized carbons (Fsp3) is 0.450. The minimum Gasteiger partial charge on any atom is -0.598 e. The van der Waals surface area contributed by atoms with Gasteiger partial charge in [0.25, 0.3) is 0 Å². The van der Waals surface area contributed by atoms with Crippen LogP contribution in [0.25, 0.3) is 0 Å². The molecule has 24 heavy (non-hydrogen) atoms. The summed E-state index contributed by atoms with van der Waals surface area (Å²) in [5.74, 6) is 0.443. The largest absolute Gasteiger partial charge is 0.598 e. The van der Waals surface area contributed by atoms with Gasteiger partial charge in [-0.15, -0.1) is 4.72 Å². The van der Waals surface area contributed by atoms with Crippen molar-refractivity contribution >= 4 is 11.4 Å². The van der Waals surface area contributed by atoms with Gasteiger partial charge in [0.15, 0.2) is 0 Å². The number of rotatable bonds is 5. The second-order valence-corrected chi connectivity index (χ2v) is 9.46. The number of hydrogen-bond acceptors (Lipinski definition) is 3. The summed E-state index contributed by atoms with van der Waals surface area (Å²) in [6.45, 7) is 12.4. The van der Waals surface area contributed by atoms with Crippen molar-refractivity contribution < 1.29 is 4.55 Å². The van der Waals surface area contributed by atoms with Gasteiger partial charge in [-0.1, -0.05) is 44.2 Å². The van der Waals surface area contributed by atoms with E-state index in [0.29, 0.717) is 5.92 Å². The summed E-state index contributed by atoms with van der Waals surface area (Å²) in [5.41, 5.74) is 4.45. The van der Waals surface area contributed by atoms with Crippen LogP contribution in [0.2, 0.25) is 0 Å². The molecule has 4 heteroatoms. The van der Waals surface area contributed by atoms with Crippen LogP contribution in [0.1, 0.15) is 69.0 Å². The normalized spacial score (nSPS) is 14.7. The van der Waals surface area contributed by atoms with Crippen molar-refractivity contribution in [2.24, 2.45) is 0 Å². The zero-order valence-electron chi connectivity index (χ0n) is 15.5. The third kappa shape index (κ3) is 4.59. The molecule has 2 aromatic rings. The smallest absolute Gasteiger partial charge is 0.136 e. The Kier molecular flexibility index (Phi) is 6.07. The molecule has 3 nitrogen and oxygen atoms in total. The number of nitrogens with one attached hydrogen (secondary N) is 1. The molecule has 0 amide bonds. The molecule has 1 aromatic carbocycles. The summed E-state index contributed by atoms with van der Waals surface area (Å²) in [6, 6.07) is 12.0. The highest BCUT2D eigenvalue weighted by molar-refractivity contribution is 7.90. The summed E-state index contributed by atoms with van der Waals surface area (Å²) < 4.78 is 15.6. The van der Waals surface area contributed by atoms with Crippen molar-refractivity contribution in [3.8, 4) is 0 Å². The Hall–Kier alpha value is -1.36. The molecule has 0 saturated carbocycles. The second-order valence-electron chi connectivity index (χ2n) is 7.46. The van der Waals surface area contributed by atoms with Crippen LogP contribution >= 0.6 is 0 Å². The molecule has 1 N–H and O–H groups in total. The monoisotopic (exact) mass is 344 g/mol. The van der Waals surface area contributed by atoms with Crippen LogP contribution in [0, 0.1) is 6.92 Å². The van der Waals surface area contributed by atoms with E-state index >= 15 is 0 Å². The van der Waals surface area contributed by atoms with E-state index in [9.17, 15) is 4.55 Å². The fourth-order valence-corrected chi connectivity index (χ4v) is 3.40. The first-order valence-corrected chi connectivity index (χ1v) is 9.54. The van der Waals surface area contributed by atoms with Crippen molar-refractivity contribution in [3.05, 3.63) is 65.0 Å². The maximum Gasteiger partial charge on any atom is 0.136 e. The molecule has 0 spiro atoms. The number of hydrogen-bond donors (Lipinski definition) is 1. The molecule has 0 aliphatic rings. The van der Waals surface area contributed by atoms with Gasteiger partial charge in [-0.3, -0.25) is 4.98 Å². The van der Waals surface area contributed by atoms with E-state index < -0.39 is 11.4 Å². The first kappa shape index (κ1) is 19.0. The number of nitrogens with zero attached hydrogens (tertiary/aromatic N) is 1. The summed E-state index contributed by atoms with van der Waals surface area (Å²) in [4.78, 5) is 4.68. The molecular weight excluding hydrogens is 316 g/mol. The molecule has 0 aliphatic carbocycles. The van der Waals surface area contributed by atoms with E-state index in [1.165, 1.54) is 11.1 Å². The molecule has 1 unspecified atom stereocenters.